The summed E-state index contributed by atoms with van der Waals surface area (Å²) in [5.41, 5.74) is 0.193. The van der Waals surface area contributed by atoms with Crippen LogP contribution in [0.5, 0.6) is 0 Å². The van der Waals surface area contributed by atoms with E-state index in [1.807, 2.05) is 0 Å². The van der Waals surface area contributed by atoms with Gasteiger partial charge in [0, 0.05) is 36.5 Å². The molecule has 0 bridgehead atoms. The number of aliphatic carboxylic acids is 1. The van der Waals surface area contributed by atoms with Gasteiger partial charge in [-0.2, -0.15) is 8.42 Å². The van der Waals surface area contributed by atoms with E-state index in [0.717, 1.165) is 28.4 Å². The van der Waals surface area contributed by atoms with Crippen LogP contribution in [0.2, 0.25) is 0 Å². The van der Waals surface area contributed by atoms with Crippen LogP contribution < -0.4 is 9.86 Å². The number of non-ortho nitro benzene ring substituents is 1. The highest BCUT2D eigenvalue weighted by Crippen LogP contribution is 2.55. The van der Waals surface area contributed by atoms with Gasteiger partial charge in [0.15, 0.2) is 5.70 Å². The third-order valence-electron chi connectivity index (χ3n) is 6.38. The third-order valence-corrected chi connectivity index (χ3v) is 9.76. The molecular formula is C21H25N5O10S3. The molecule has 0 saturated carbocycles. The van der Waals surface area contributed by atoms with Gasteiger partial charge in [-0.25, -0.2) is 19.5 Å². The van der Waals surface area contributed by atoms with Crippen LogP contribution in [0.25, 0.3) is 0 Å². The van der Waals surface area contributed by atoms with Crippen molar-refractivity contribution in [1.82, 2.24) is 14.5 Å². The number of nitro groups is 1. The summed E-state index contributed by atoms with van der Waals surface area (Å²) in [6.07, 6.45) is -1.46. The number of aliphatic hydroxyl groups is 1. The number of nitrogens with two attached hydrogens (primary N) is 1. The van der Waals surface area contributed by atoms with Gasteiger partial charge in [0.1, 0.15) is 12.0 Å². The summed E-state index contributed by atoms with van der Waals surface area (Å²) in [4.78, 5) is 50.1. The molecule has 3 heterocycles. The minimum atomic E-state index is -4.06. The molecule has 5 N–H and O–H groups in total. The topological polar surface area (TPSA) is 223 Å². The van der Waals surface area contributed by atoms with Gasteiger partial charge in [-0.1, -0.05) is 11.8 Å². The second-order valence-corrected chi connectivity index (χ2v) is 13.2. The number of ether oxygens (including phenoxy) is 1. The number of likely N-dealkylation sites (tertiary alicyclic amines) is 1. The first kappa shape index (κ1) is 29.1. The van der Waals surface area contributed by atoms with Gasteiger partial charge in [-0.05, 0) is 31.0 Å². The molecule has 18 heteroatoms. The number of carboxylic acid groups (broad SMARTS) is 1. The number of β-lactam (4-membered cyclic amide) rings is 1. The van der Waals surface area contributed by atoms with Gasteiger partial charge in [0.25, 0.3) is 15.9 Å². The number of nitrogens with zero attached hydrogens (tertiary/aromatic N) is 3. The molecule has 212 valence electrons. The smallest absolute Gasteiger partial charge is 0.410 e. The molecule has 5 atom stereocenters. The van der Waals surface area contributed by atoms with E-state index in [2.05, 4.69) is 4.72 Å². The summed E-state index contributed by atoms with van der Waals surface area (Å²) in [7, 11) is -4.06. The van der Waals surface area contributed by atoms with Gasteiger partial charge < -0.3 is 19.8 Å². The van der Waals surface area contributed by atoms with E-state index >= 15 is 0 Å². The molecule has 0 radical (unpaired) electrons. The third kappa shape index (κ3) is 6.30. The molecule has 0 spiro atoms. The summed E-state index contributed by atoms with van der Waals surface area (Å²) >= 11 is 2.31. The Bertz CT molecular complexity index is 1320. The minimum absolute atomic E-state index is 0.0795. The zero-order chi connectivity index (χ0) is 28.6. The number of benzene rings is 1. The lowest BCUT2D eigenvalue weighted by Gasteiger charge is -2.43. The zero-order valence-electron chi connectivity index (χ0n) is 20.3. The number of fused-ring (bicyclic) bond motifs is 1. The number of carbonyl (C=O) groups is 3. The van der Waals surface area contributed by atoms with Crippen molar-refractivity contribution in [2.24, 2.45) is 11.1 Å². The van der Waals surface area contributed by atoms with Crippen LogP contribution in [-0.4, -0.2) is 87.2 Å². The number of carbonyl (C=O) groups excluding carboxylic acids is 2. The van der Waals surface area contributed by atoms with Crippen molar-refractivity contribution >= 4 is 57.4 Å². The molecule has 15 nitrogen and oxygen atoms in total. The average Bonchev–Trinajstić information content (AvgIpc) is 3.40. The van der Waals surface area contributed by atoms with E-state index in [9.17, 15) is 43.1 Å². The van der Waals surface area contributed by atoms with Crippen molar-refractivity contribution in [3.8, 4) is 0 Å². The lowest BCUT2D eigenvalue weighted by molar-refractivity contribution is -0.384. The van der Waals surface area contributed by atoms with Crippen molar-refractivity contribution in [2.75, 3.05) is 13.1 Å². The van der Waals surface area contributed by atoms with Crippen LogP contribution in [0.3, 0.4) is 0 Å². The maximum absolute atomic E-state index is 12.9. The summed E-state index contributed by atoms with van der Waals surface area (Å²) in [6.45, 7) is 1.14. The molecule has 3 aliphatic rings. The Balaban J connectivity index is 1.46. The van der Waals surface area contributed by atoms with Gasteiger partial charge >= 0.3 is 12.1 Å². The highest BCUT2D eigenvalue weighted by atomic mass is 32.2. The normalized spacial score (nSPS) is 25.4. The van der Waals surface area contributed by atoms with E-state index in [1.54, 1.807) is 0 Å². The second kappa shape index (κ2) is 11.3. The van der Waals surface area contributed by atoms with E-state index < -0.39 is 56.5 Å². The fraction of sp³-hybridized carbons (Fsp3) is 0.476. The molecule has 2 saturated heterocycles. The monoisotopic (exact) mass is 603 g/mol. The van der Waals surface area contributed by atoms with E-state index in [-0.39, 0.29) is 42.8 Å². The van der Waals surface area contributed by atoms with Crippen LogP contribution in [0.15, 0.2) is 34.2 Å². The summed E-state index contributed by atoms with van der Waals surface area (Å²) in [5, 5.41) is 34.6. The first-order valence-corrected chi connectivity index (χ1v) is 14.8. The van der Waals surface area contributed by atoms with Gasteiger partial charge in [-0.3, -0.25) is 19.8 Å². The number of aliphatic hydroxyl groups excluding tert-OH is 1. The minimum Gasteiger partial charge on any atom is -0.477 e. The molecule has 3 aliphatic heterocycles. The molecule has 1 aromatic carbocycles. The van der Waals surface area contributed by atoms with Crippen LogP contribution in [0, 0.1) is 16.0 Å². The fourth-order valence-corrected chi connectivity index (χ4v) is 8.34. The molecule has 4 rings (SSSR count). The zero-order valence-corrected chi connectivity index (χ0v) is 22.8. The Morgan fingerprint density at radius 3 is 2.59 bits per heavy atom. The average molecular weight is 604 g/mol. The number of nitro benzene ring substituents is 1. The lowest BCUT2D eigenvalue weighted by Crippen LogP contribution is -2.60. The number of thioether (sulfide) groups is 2. The molecular weight excluding hydrogens is 578 g/mol. The molecule has 2 amide bonds. The SMILES string of the molecule is C[C@@H](O)[C@H]1C(=O)N2C(C(=O)O)=C(S[C@@H]3C[C@H](CNS(N)(=O)=O)N(C(=O)OCc4ccc([N+](=O)[O-])cc4)C3)S[C@H]12. The first-order valence-electron chi connectivity index (χ1n) is 11.5. The first-order chi connectivity index (χ1) is 18.3. The van der Waals surface area contributed by atoms with E-state index in [0.29, 0.717) is 9.80 Å². The molecule has 0 unspecified atom stereocenters. The summed E-state index contributed by atoms with van der Waals surface area (Å²) in [6, 6.07) is 4.75. The molecule has 39 heavy (non-hydrogen) atoms. The number of carboxylic acids is 1. The van der Waals surface area contributed by atoms with Gasteiger partial charge in [-0.15, -0.1) is 11.8 Å². The molecule has 2 fully saturated rings. The Kier molecular flexibility index (Phi) is 8.43. The molecule has 0 aromatic heterocycles. The van der Waals surface area contributed by atoms with Crippen molar-refractivity contribution < 1.29 is 42.7 Å². The number of amides is 2. The summed E-state index contributed by atoms with van der Waals surface area (Å²) in [5.74, 6) is -2.51. The van der Waals surface area contributed by atoms with Crippen molar-refractivity contribution in [1.29, 1.82) is 0 Å². The Hall–Kier alpha value is -2.90. The summed E-state index contributed by atoms with van der Waals surface area (Å²) < 4.78 is 30.8. The quantitative estimate of drug-likeness (QED) is 0.162. The predicted molar refractivity (Wildman–Crippen MR) is 139 cm³/mol. The van der Waals surface area contributed by atoms with Crippen LogP contribution in [0.4, 0.5) is 10.5 Å². The highest BCUT2D eigenvalue weighted by molar-refractivity contribution is 8.23. The standard InChI is InChI=1S/C21H25N5O10S3/c1-10(27)15-17(28)25-16(19(29)30)20(38-18(15)25)37-14-6-13(7-23-39(22,34)35)24(8-14)21(31)36-9-11-2-4-12(5-3-11)26(32)33/h2-5,10,13-15,18,23,27H,6-9H2,1H3,(H,29,30)(H2,22,34,35)/t10-,13-,14-,15+,18-/m1/s1. The van der Waals surface area contributed by atoms with Gasteiger partial charge in [0.05, 0.1) is 21.2 Å². The van der Waals surface area contributed by atoms with Crippen LogP contribution in [0.1, 0.15) is 18.9 Å². The fourth-order valence-electron chi connectivity index (χ4n) is 4.51. The van der Waals surface area contributed by atoms with Gasteiger partial charge in [0.2, 0.25) is 5.91 Å². The van der Waals surface area contributed by atoms with Crippen LogP contribution in [-0.2, 0) is 31.1 Å². The number of nitrogens with one attached hydrogen (secondary N) is 1. The Labute approximate surface area is 231 Å². The Morgan fingerprint density at radius 2 is 2.03 bits per heavy atom. The maximum Gasteiger partial charge on any atom is 0.410 e. The van der Waals surface area contributed by atoms with E-state index in [4.69, 9.17) is 9.88 Å². The molecule has 1 aromatic rings. The highest BCUT2D eigenvalue weighted by Gasteiger charge is 2.58. The van der Waals surface area contributed by atoms with Crippen molar-refractivity contribution in [3.05, 3.63) is 49.9 Å². The molecule has 0 aliphatic carbocycles. The van der Waals surface area contributed by atoms with Crippen molar-refractivity contribution in [3.63, 3.8) is 0 Å². The van der Waals surface area contributed by atoms with Crippen LogP contribution >= 0.6 is 23.5 Å². The lowest BCUT2D eigenvalue weighted by atomic mass is 9.92. The largest absolute Gasteiger partial charge is 0.477 e. The number of hydrogen-bond acceptors (Lipinski definition) is 11. The number of hydrogen-bond donors (Lipinski definition) is 4. The predicted octanol–water partition coefficient (Wildman–Crippen LogP) is 0.366. The van der Waals surface area contributed by atoms with E-state index in [1.165, 1.54) is 36.1 Å². The Morgan fingerprint density at radius 1 is 1.36 bits per heavy atom. The number of rotatable bonds is 10. The second-order valence-electron chi connectivity index (χ2n) is 9.08. The maximum atomic E-state index is 12.9. The van der Waals surface area contributed by atoms with Crippen molar-refractivity contribution in [2.45, 2.75) is 42.7 Å².